The van der Waals surface area contributed by atoms with Gasteiger partial charge in [0.25, 0.3) is 5.91 Å². The zero-order valence-electron chi connectivity index (χ0n) is 13.4. The van der Waals surface area contributed by atoms with E-state index in [-0.39, 0.29) is 5.91 Å². The SMILES string of the molecule is Cc1nc(N)sc1C(=O)N/N=C\c1cccc(OCC(C)C)c1. The van der Waals surface area contributed by atoms with Gasteiger partial charge < -0.3 is 10.5 Å². The van der Waals surface area contributed by atoms with Crippen LogP contribution in [-0.4, -0.2) is 23.7 Å². The molecular formula is C16H20N4O2S. The molecule has 1 amide bonds. The maximum Gasteiger partial charge on any atom is 0.283 e. The zero-order chi connectivity index (χ0) is 16.8. The second-order valence-corrected chi connectivity index (χ2v) is 6.47. The summed E-state index contributed by atoms with van der Waals surface area (Å²) in [6.07, 6.45) is 1.57. The van der Waals surface area contributed by atoms with Crippen LogP contribution in [0, 0.1) is 12.8 Å². The Morgan fingerprint density at radius 1 is 1.52 bits per heavy atom. The highest BCUT2D eigenvalue weighted by Crippen LogP contribution is 2.19. The average molecular weight is 332 g/mol. The summed E-state index contributed by atoms with van der Waals surface area (Å²) >= 11 is 1.14. The van der Waals surface area contributed by atoms with Crippen LogP contribution in [0.5, 0.6) is 5.75 Å². The molecule has 0 aliphatic carbocycles. The number of nitrogen functional groups attached to an aromatic ring is 1. The highest BCUT2D eigenvalue weighted by molar-refractivity contribution is 7.17. The summed E-state index contributed by atoms with van der Waals surface area (Å²) in [6.45, 7) is 6.58. The standard InChI is InChI=1S/C16H20N4O2S/c1-10(2)9-22-13-6-4-5-12(7-13)8-18-20-15(21)14-11(3)19-16(17)23-14/h4-8,10H,9H2,1-3H3,(H2,17,19)(H,20,21)/b18-8-. The molecule has 0 saturated carbocycles. The van der Waals surface area contributed by atoms with Gasteiger partial charge in [-0.1, -0.05) is 37.3 Å². The highest BCUT2D eigenvalue weighted by Gasteiger charge is 2.13. The zero-order valence-corrected chi connectivity index (χ0v) is 14.2. The first-order chi connectivity index (χ1) is 11.0. The predicted octanol–water partition coefficient (Wildman–Crippen LogP) is 2.83. The number of nitrogens with two attached hydrogens (primary N) is 1. The molecule has 1 aromatic carbocycles. The molecule has 122 valence electrons. The Bertz CT molecular complexity index is 710. The van der Waals surface area contributed by atoms with Crippen LogP contribution in [0.15, 0.2) is 29.4 Å². The number of hydrazone groups is 1. The lowest BCUT2D eigenvalue weighted by molar-refractivity contribution is 0.0958. The topological polar surface area (TPSA) is 89.6 Å². The molecule has 2 rings (SSSR count). The first-order valence-electron chi connectivity index (χ1n) is 7.25. The van der Waals surface area contributed by atoms with Crippen LogP contribution < -0.4 is 15.9 Å². The quantitative estimate of drug-likeness (QED) is 0.629. The van der Waals surface area contributed by atoms with Crippen LogP contribution >= 0.6 is 11.3 Å². The Kier molecular flexibility index (Phi) is 5.70. The van der Waals surface area contributed by atoms with Crippen LogP contribution in [0.4, 0.5) is 5.13 Å². The lowest BCUT2D eigenvalue weighted by Crippen LogP contribution is -2.17. The van der Waals surface area contributed by atoms with Crippen LogP contribution in [0.2, 0.25) is 0 Å². The summed E-state index contributed by atoms with van der Waals surface area (Å²) in [5.41, 5.74) is 9.50. The predicted molar refractivity (Wildman–Crippen MR) is 93.1 cm³/mol. The van der Waals surface area contributed by atoms with Crippen molar-refractivity contribution in [2.45, 2.75) is 20.8 Å². The van der Waals surface area contributed by atoms with Gasteiger partial charge in [-0.05, 0) is 30.5 Å². The van der Waals surface area contributed by atoms with Crippen molar-refractivity contribution in [3.05, 3.63) is 40.4 Å². The number of thiazole rings is 1. The van der Waals surface area contributed by atoms with Gasteiger partial charge >= 0.3 is 0 Å². The Morgan fingerprint density at radius 2 is 2.30 bits per heavy atom. The summed E-state index contributed by atoms with van der Waals surface area (Å²) in [7, 11) is 0. The molecule has 0 aliphatic rings. The Morgan fingerprint density at radius 3 is 2.96 bits per heavy atom. The molecule has 0 saturated heterocycles. The van der Waals surface area contributed by atoms with E-state index in [1.165, 1.54) is 0 Å². The van der Waals surface area contributed by atoms with Crippen LogP contribution in [0.3, 0.4) is 0 Å². The number of nitrogens with one attached hydrogen (secondary N) is 1. The molecule has 0 atom stereocenters. The van der Waals surface area contributed by atoms with Crippen LogP contribution in [0.1, 0.15) is 34.8 Å². The smallest absolute Gasteiger partial charge is 0.283 e. The van der Waals surface area contributed by atoms with Gasteiger partial charge in [-0.15, -0.1) is 0 Å². The van der Waals surface area contributed by atoms with Crippen molar-refractivity contribution >= 4 is 28.6 Å². The summed E-state index contributed by atoms with van der Waals surface area (Å²) in [5.74, 6) is 0.918. The fourth-order valence-corrected chi connectivity index (χ4v) is 2.52. The van der Waals surface area contributed by atoms with E-state index >= 15 is 0 Å². The van der Waals surface area contributed by atoms with E-state index in [0.29, 0.717) is 28.2 Å². The molecule has 0 bridgehead atoms. The molecule has 0 aliphatic heterocycles. The van der Waals surface area contributed by atoms with Crippen LogP contribution in [0.25, 0.3) is 0 Å². The minimum atomic E-state index is -0.319. The number of rotatable bonds is 6. The minimum absolute atomic E-state index is 0.319. The van der Waals surface area contributed by atoms with Gasteiger partial charge in [-0.25, -0.2) is 10.4 Å². The molecule has 1 aromatic heterocycles. The molecule has 1 heterocycles. The number of amides is 1. The monoisotopic (exact) mass is 332 g/mol. The van der Waals surface area contributed by atoms with Gasteiger partial charge in [-0.3, -0.25) is 4.79 Å². The van der Waals surface area contributed by atoms with Crippen molar-refractivity contribution in [3.8, 4) is 5.75 Å². The van der Waals surface area contributed by atoms with Crippen molar-refractivity contribution in [3.63, 3.8) is 0 Å². The highest BCUT2D eigenvalue weighted by atomic mass is 32.1. The number of carbonyl (C=O) groups is 1. The number of ether oxygens (including phenoxy) is 1. The maximum absolute atomic E-state index is 12.0. The minimum Gasteiger partial charge on any atom is -0.493 e. The molecule has 6 nitrogen and oxygen atoms in total. The molecular weight excluding hydrogens is 312 g/mol. The van der Waals surface area contributed by atoms with Gasteiger partial charge in [0.15, 0.2) is 5.13 Å². The average Bonchev–Trinajstić information content (AvgIpc) is 2.84. The van der Waals surface area contributed by atoms with Gasteiger partial charge in [0.05, 0.1) is 18.5 Å². The lowest BCUT2D eigenvalue weighted by Gasteiger charge is -2.08. The second kappa shape index (κ2) is 7.73. The van der Waals surface area contributed by atoms with Crippen molar-refractivity contribution in [2.75, 3.05) is 12.3 Å². The molecule has 0 radical (unpaired) electrons. The van der Waals surface area contributed by atoms with Crippen molar-refractivity contribution in [2.24, 2.45) is 11.0 Å². The van der Waals surface area contributed by atoms with Crippen LogP contribution in [-0.2, 0) is 0 Å². The number of hydrogen-bond acceptors (Lipinski definition) is 6. The molecule has 0 fully saturated rings. The van der Waals surface area contributed by atoms with E-state index in [1.54, 1.807) is 13.1 Å². The molecule has 0 spiro atoms. The first kappa shape index (κ1) is 17.0. The van der Waals surface area contributed by atoms with E-state index in [4.69, 9.17) is 10.5 Å². The summed E-state index contributed by atoms with van der Waals surface area (Å²) in [6, 6.07) is 7.52. The fourth-order valence-electron chi connectivity index (χ4n) is 1.79. The summed E-state index contributed by atoms with van der Waals surface area (Å²) in [5, 5.41) is 4.33. The molecule has 0 unspecified atom stereocenters. The fraction of sp³-hybridized carbons (Fsp3) is 0.312. The number of anilines is 1. The van der Waals surface area contributed by atoms with E-state index < -0.39 is 0 Å². The van der Waals surface area contributed by atoms with Crippen molar-refractivity contribution < 1.29 is 9.53 Å². The molecule has 3 N–H and O–H groups in total. The maximum atomic E-state index is 12.0. The number of aryl methyl sites for hydroxylation is 1. The molecule has 7 heteroatoms. The number of nitrogens with zero attached hydrogens (tertiary/aromatic N) is 2. The summed E-state index contributed by atoms with van der Waals surface area (Å²) < 4.78 is 5.65. The Balaban J connectivity index is 1.96. The number of hydrogen-bond donors (Lipinski definition) is 2. The summed E-state index contributed by atoms with van der Waals surface area (Å²) in [4.78, 5) is 16.5. The molecule has 23 heavy (non-hydrogen) atoms. The second-order valence-electron chi connectivity index (χ2n) is 5.44. The molecule has 2 aromatic rings. The normalized spacial score (nSPS) is 11.1. The third-order valence-electron chi connectivity index (χ3n) is 2.84. The van der Waals surface area contributed by atoms with E-state index in [9.17, 15) is 4.79 Å². The van der Waals surface area contributed by atoms with E-state index in [2.05, 4.69) is 29.4 Å². The largest absolute Gasteiger partial charge is 0.493 e. The third kappa shape index (κ3) is 5.07. The third-order valence-corrected chi connectivity index (χ3v) is 3.83. The van der Waals surface area contributed by atoms with E-state index in [0.717, 1.165) is 22.6 Å². The van der Waals surface area contributed by atoms with Crippen molar-refractivity contribution in [1.82, 2.24) is 10.4 Å². The number of aromatic nitrogens is 1. The lowest BCUT2D eigenvalue weighted by atomic mass is 10.2. The van der Waals surface area contributed by atoms with Crippen molar-refractivity contribution in [1.29, 1.82) is 0 Å². The van der Waals surface area contributed by atoms with Gasteiger partial charge in [0.1, 0.15) is 10.6 Å². The number of benzene rings is 1. The Labute approximate surface area is 139 Å². The van der Waals surface area contributed by atoms with E-state index in [1.807, 2.05) is 24.3 Å². The van der Waals surface area contributed by atoms with Gasteiger partial charge in [0, 0.05) is 0 Å². The first-order valence-corrected chi connectivity index (χ1v) is 8.06. The number of carbonyl (C=O) groups excluding carboxylic acids is 1. The van der Waals surface area contributed by atoms with Gasteiger partial charge in [0.2, 0.25) is 0 Å². The van der Waals surface area contributed by atoms with Gasteiger partial charge in [-0.2, -0.15) is 5.10 Å². The Hall–Kier alpha value is -2.41.